The number of rotatable bonds is 58. The quantitative estimate of drug-likeness (QED) is 0.0261. The molecule has 0 bridgehead atoms. The number of esters is 3. The molecule has 0 saturated carbocycles. The van der Waals surface area contributed by atoms with E-state index in [1.54, 1.807) is 0 Å². The highest BCUT2D eigenvalue weighted by Gasteiger charge is 2.19. The topological polar surface area (TPSA) is 78.9 Å². The van der Waals surface area contributed by atoms with E-state index in [2.05, 4.69) is 81.5 Å². The second-order valence-electron chi connectivity index (χ2n) is 21.3. The SMILES string of the molecule is CCCCCC/C=C\C/C=C\CCCCCCCCCC(=O)OCC(COC(=O)CCCCCCCCCCC/C=C\CCCCCCCC)OC(=O)CCCCCCCCC/C=C\C/C=C\CCCCCC. The maximum absolute atomic E-state index is 12.9. The smallest absolute Gasteiger partial charge is 0.306 e. The molecule has 0 saturated heterocycles. The summed E-state index contributed by atoms with van der Waals surface area (Å²) in [4.78, 5) is 38.3. The minimum absolute atomic E-state index is 0.0795. The molecule has 0 aliphatic carbocycles. The molecular weight excluding hydrogens is 901 g/mol. The van der Waals surface area contributed by atoms with Crippen molar-refractivity contribution in [3.8, 4) is 0 Å². The molecule has 1 unspecified atom stereocenters. The number of hydrogen-bond donors (Lipinski definition) is 0. The lowest BCUT2D eigenvalue weighted by molar-refractivity contribution is -0.167. The van der Waals surface area contributed by atoms with Crippen LogP contribution in [-0.2, 0) is 28.6 Å². The summed E-state index contributed by atoms with van der Waals surface area (Å²) in [5, 5.41) is 0. The normalized spacial score (nSPS) is 12.4. The van der Waals surface area contributed by atoms with Crippen LogP contribution in [0.5, 0.6) is 0 Å². The number of unbranched alkanes of at least 4 members (excludes halogenated alkanes) is 37. The highest BCUT2D eigenvalue weighted by Crippen LogP contribution is 2.16. The Bertz CT molecular complexity index is 1310. The summed E-state index contributed by atoms with van der Waals surface area (Å²) in [6.07, 6.45) is 77.8. The van der Waals surface area contributed by atoms with E-state index in [9.17, 15) is 14.4 Å². The molecular formula is C67H120O6. The second-order valence-corrected chi connectivity index (χ2v) is 21.3. The van der Waals surface area contributed by atoms with Crippen molar-refractivity contribution in [3.63, 3.8) is 0 Å². The van der Waals surface area contributed by atoms with Gasteiger partial charge in [0.25, 0.3) is 0 Å². The lowest BCUT2D eigenvalue weighted by atomic mass is 10.1. The molecule has 0 aromatic carbocycles. The molecule has 0 radical (unpaired) electrons. The zero-order valence-corrected chi connectivity index (χ0v) is 48.7. The second kappa shape index (κ2) is 61.7. The first-order valence-electron chi connectivity index (χ1n) is 31.8. The number of ether oxygens (including phenoxy) is 3. The maximum Gasteiger partial charge on any atom is 0.306 e. The zero-order chi connectivity index (χ0) is 52.9. The highest BCUT2D eigenvalue weighted by atomic mass is 16.6. The van der Waals surface area contributed by atoms with E-state index in [-0.39, 0.29) is 31.1 Å². The molecule has 0 amide bonds. The molecule has 0 fully saturated rings. The Morgan fingerprint density at radius 1 is 0.274 bits per heavy atom. The Kier molecular flexibility index (Phi) is 59.2. The number of carbonyl (C=O) groups is 3. The van der Waals surface area contributed by atoms with Crippen molar-refractivity contribution in [2.24, 2.45) is 0 Å². The average molecular weight is 1020 g/mol. The van der Waals surface area contributed by atoms with Crippen molar-refractivity contribution in [1.82, 2.24) is 0 Å². The van der Waals surface area contributed by atoms with E-state index >= 15 is 0 Å². The highest BCUT2D eigenvalue weighted by molar-refractivity contribution is 5.71. The first kappa shape index (κ1) is 70.1. The molecule has 6 nitrogen and oxygen atoms in total. The molecule has 0 aliphatic heterocycles. The number of carbonyl (C=O) groups excluding carboxylic acids is 3. The van der Waals surface area contributed by atoms with Gasteiger partial charge in [-0.05, 0) is 109 Å². The van der Waals surface area contributed by atoms with Crippen LogP contribution in [0, 0.1) is 0 Å². The van der Waals surface area contributed by atoms with Gasteiger partial charge in [-0.25, -0.2) is 0 Å². The molecule has 1 atom stereocenters. The van der Waals surface area contributed by atoms with Crippen LogP contribution in [0.4, 0.5) is 0 Å². The summed E-state index contributed by atoms with van der Waals surface area (Å²) in [5.41, 5.74) is 0. The fourth-order valence-corrected chi connectivity index (χ4v) is 9.15. The molecule has 6 heteroatoms. The van der Waals surface area contributed by atoms with Crippen molar-refractivity contribution in [1.29, 1.82) is 0 Å². The average Bonchev–Trinajstić information content (AvgIpc) is 3.39. The summed E-state index contributed by atoms with van der Waals surface area (Å²) in [6.45, 7) is 6.63. The summed E-state index contributed by atoms with van der Waals surface area (Å²) in [7, 11) is 0. The minimum atomic E-state index is -0.784. The van der Waals surface area contributed by atoms with Crippen LogP contribution < -0.4 is 0 Å². The van der Waals surface area contributed by atoms with Crippen LogP contribution in [0.25, 0.3) is 0 Å². The molecule has 0 spiro atoms. The largest absolute Gasteiger partial charge is 0.462 e. The molecule has 73 heavy (non-hydrogen) atoms. The van der Waals surface area contributed by atoms with Gasteiger partial charge in [0.05, 0.1) is 0 Å². The fourth-order valence-electron chi connectivity index (χ4n) is 9.15. The number of allylic oxidation sites excluding steroid dienone is 10. The van der Waals surface area contributed by atoms with Gasteiger partial charge in [0.15, 0.2) is 6.10 Å². The van der Waals surface area contributed by atoms with Gasteiger partial charge >= 0.3 is 17.9 Å². The summed E-state index contributed by atoms with van der Waals surface area (Å²) < 4.78 is 16.9. The van der Waals surface area contributed by atoms with E-state index in [1.807, 2.05) is 0 Å². The summed E-state index contributed by atoms with van der Waals surface area (Å²) >= 11 is 0. The summed E-state index contributed by atoms with van der Waals surface area (Å²) in [5.74, 6) is -0.881. The van der Waals surface area contributed by atoms with Crippen LogP contribution in [-0.4, -0.2) is 37.2 Å². The predicted molar refractivity (Wildman–Crippen MR) is 316 cm³/mol. The molecule has 0 heterocycles. The fraction of sp³-hybridized carbons (Fsp3) is 0.806. The zero-order valence-electron chi connectivity index (χ0n) is 48.7. The third-order valence-electron chi connectivity index (χ3n) is 14.0. The first-order chi connectivity index (χ1) is 36.0. The van der Waals surface area contributed by atoms with Gasteiger partial charge in [-0.2, -0.15) is 0 Å². The van der Waals surface area contributed by atoms with E-state index in [1.165, 1.54) is 205 Å². The molecule has 0 rings (SSSR count). The van der Waals surface area contributed by atoms with E-state index in [0.29, 0.717) is 19.3 Å². The lowest BCUT2D eigenvalue weighted by Gasteiger charge is -2.18. The van der Waals surface area contributed by atoms with Crippen LogP contribution in [0.3, 0.4) is 0 Å². The van der Waals surface area contributed by atoms with E-state index in [0.717, 1.165) is 83.5 Å². The van der Waals surface area contributed by atoms with Gasteiger partial charge < -0.3 is 14.2 Å². The monoisotopic (exact) mass is 1020 g/mol. The standard InChI is InChI=1S/C67H120O6/c1-4-7-10-13-16-19-22-25-28-31-34-37-39-42-45-48-51-54-57-60-66(69)72-63-64(73-67(70)61-58-55-52-49-46-43-40-36-33-30-27-24-21-18-15-12-9-6-3)62-71-65(68)59-56-53-50-47-44-41-38-35-32-29-26-23-20-17-14-11-8-5-2/h20-21,23-25,28-30,32-33,64H,4-19,22,26-27,31,34-63H2,1-3H3/b23-20-,24-21-,28-25-,32-29-,33-30-. The van der Waals surface area contributed by atoms with Gasteiger partial charge in [0.2, 0.25) is 0 Å². The van der Waals surface area contributed by atoms with Crippen molar-refractivity contribution in [3.05, 3.63) is 60.8 Å². The van der Waals surface area contributed by atoms with Gasteiger partial charge in [-0.3, -0.25) is 14.4 Å². The van der Waals surface area contributed by atoms with Crippen LogP contribution in [0.2, 0.25) is 0 Å². The van der Waals surface area contributed by atoms with Gasteiger partial charge in [0, 0.05) is 19.3 Å². The minimum Gasteiger partial charge on any atom is -0.462 e. The number of hydrogen-bond acceptors (Lipinski definition) is 6. The van der Waals surface area contributed by atoms with Gasteiger partial charge in [-0.15, -0.1) is 0 Å². The van der Waals surface area contributed by atoms with Gasteiger partial charge in [-0.1, -0.05) is 261 Å². The molecule has 0 aromatic rings. The van der Waals surface area contributed by atoms with Crippen molar-refractivity contribution in [2.75, 3.05) is 13.2 Å². The first-order valence-corrected chi connectivity index (χ1v) is 31.8. The Morgan fingerprint density at radius 2 is 0.493 bits per heavy atom. The van der Waals surface area contributed by atoms with E-state index in [4.69, 9.17) is 14.2 Å². The third-order valence-corrected chi connectivity index (χ3v) is 14.0. The summed E-state index contributed by atoms with van der Waals surface area (Å²) in [6, 6.07) is 0. The Balaban J connectivity index is 4.39. The third kappa shape index (κ3) is 59.9. The van der Waals surface area contributed by atoms with Crippen molar-refractivity contribution >= 4 is 17.9 Å². The van der Waals surface area contributed by atoms with Gasteiger partial charge in [0.1, 0.15) is 13.2 Å². The van der Waals surface area contributed by atoms with Crippen LogP contribution in [0.1, 0.15) is 329 Å². The molecule has 0 aliphatic rings. The van der Waals surface area contributed by atoms with Crippen LogP contribution in [0.15, 0.2) is 60.8 Å². The Hall–Kier alpha value is -2.89. The van der Waals surface area contributed by atoms with Crippen molar-refractivity contribution in [2.45, 2.75) is 335 Å². The van der Waals surface area contributed by atoms with Crippen molar-refractivity contribution < 1.29 is 28.6 Å². The molecule has 0 aromatic heterocycles. The Labute approximate surface area is 453 Å². The van der Waals surface area contributed by atoms with Crippen LogP contribution >= 0.6 is 0 Å². The molecule has 0 N–H and O–H groups in total. The Morgan fingerprint density at radius 3 is 0.781 bits per heavy atom. The lowest BCUT2D eigenvalue weighted by Crippen LogP contribution is -2.30. The molecule has 424 valence electrons. The predicted octanol–water partition coefficient (Wildman–Crippen LogP) is 21.6. The maximum atomic E-state index is 12.9. The van der Waals surface area contributed by atoms with E-state index < -0.39 is 6.10 Å².